The number of phenols is 1. The number of benzene rings is 4. The lowest BCUT2D eigenvalue weighted by atomic mass is 9.68. The molecule has 45 heavy (non-hydrogen) atoms. The fourth-order valence-electron chi connectivity index (χ4n) is 7.12. The van der Waals surface area contributed by atoms with Gasteiger partial charge >= 0.3 is 0 Å². The summed E-state index contributed by atoms with van der Waals surface area (Å²) in [6.45, 7) is -0.177. The Hall–Kier alpha value is -4.56. The molecule has 1 saturated heterocycles. The van der Waals surface area contributed by atoms with Gasteiger partial charge in [-0.3, -0.25) is 14.5 Å². The van der Waals surface area contributed by atoms with E-state index in [0.717, 1.165) is 33.0 Å². The summed E-state index contributed by atoms with van der Waals surface area (Å²) in [4.78, 5) is 28.6. The molecule has 4 atom stereocenters. The van der Waals surface area contributed by atoms with Crippen LogP contribution in [-0.4, -0.2) is 53.6 Å². The predicted octanol–water partition coefficient (Wildman–Crippen LogP) is 5.99. The van der Waals surface area contributed by atoms with E-state index in [4.69, 9.17) is 4.74 Å². The molecule has 4 aromatic rings. The molecule has 7 nitrogen and oxygen atoms in total. The summed E-state index contributed by atoms with van der Waals surface area (Å²) < 4.78 is 5.51. The van der Waals surface area contributed by atoms with Crippen LogP contribution in [-0.2, 0) is 14.3 Å². The van der Waals surface area contributed by atoms with Crippen LogP contribution in [0.5, 0.6) is 5.75 Å². The van der Waals surface area contributed by atoms with Crippen molar-refractivity contribution in [2.75, 3.05) is 25.2 Å². The molecule has 230 valence electrons. The molecule has 7 heteroatoms. The predicted molar refractivity (Wildman–Crippen MR) is 175 cm³/mol. The van der Waals surface area contributed by atoms with Gasteiger partial charge in [0.1, 0.15) is 5.75 Å². The van der Waals surface area contributed by atoms with E-state index in [1.54, 1.807) is 37.4 Å². The smallest absolute Gasteiger partial charge is 0.238 e. The van der Waals surface area contributed by atoms with Crippen LogP contribution in [0.15, 0.2) is 108 Å². The maximum absolute atomic E-state index is 13.8. The number of allylic oxidation sites excluding steroid dienone is 1. The zero-order valence-corrected chi connectivity index (χ0v) is 25.2. The normalized spacial score (nSPS) is 21.0. The Kier molecular flexibility index (Phi) is 8.94. The number of ether oxygens (including phenoxy) is 1. The van der Waals surface area contributed by atoms with E-state index >= 15 is 0 Å². The van der Waals surface area contributed by atoms with Crippen LogP contribution in [0.3, 0.4) is 0 Å². The van der Waals surface area contributed by atoms with E-state index in [0.29, 0.717) is 24.1 Å². The quantitative estimate of drug-likeness (QED) is 0.117. The van der Waals surface area contributed by atoms with Crippen molar-refractivity contribution in [2.24, 2.45) is 17.8 Å². The van der Waals surface area contributed by atoms with E-state index in [2.05, 4.69) is 6.08 Å². The zero-order valence-electron chi connectivity index (χ0n) is 25.2. The summed E-state index contributed by atoms with van der Waals surface area (Å²) >= 11 is 0. The first kappa shape index (κ1) is 30.5. The number of aliphatic hydroxyl groups is 2. The third kappa shape index (κ3) is 5.82. The molecule has 1 aliphatic heterocycles. The van der Waals surface area contributed by atoms with E-state index < -0.39 is 23.9 Å². The third-order valence-corrected chi connectivity index (χ3v) is 9.17. The van der Waals surface area contributed by atoms with Crippen molar-refractivity contribution in [3.8, 4) is 5.75 Å². The molecular formula is C38H37NO6. The number of hydrogen-bond donors (Lipinski definition) is 3. The highest BCUT2D eigenvalue weighted by atomic mass is 16.5. The Morgan fingerprint density at radius 3 is 2.27 bits per heavy atom. The van der Waals surface area contributed by atoms with Gasteiger partial charge in [-0.25, -0.2) is 0 Å². The maximum Gasteiger partial charge on any atom is 0.238 e. The van der Waals surface area contributed by atoms with Gasteiger partial charge in [0.15, 0.2) is 0 Å². The average Bonchev–Trinajstić information content (AvgIpc) is 3.32. The fourth-order valence-corrected chi connectivity index (χ4v) is 7.12. The van der Waals surface area contributed by atoms with Crippen LogP contribution < -0.4 is 4.90 Å². The number of imide groups is 1. The van der Waals surface area contributed by atoms with Gasteiger partial charge in [-0.1, -0.05) is 84.9 Å². The van der Waals surface area contributed by atoms with Crippen molar-refractivity contribution >= 4 is 39.9 Å². The number of fused-ring (bicyclic) bond motifs is 2. The minimum Gasteiger partial charge on any atom is -0.507 e. The van der Waals surface area contributed by atoms with Gasteiger partial charge in [0, 0.05) is 18.4 Å². The van der Waals surface area contributed by atoms with Gasteiger partial charge in [0.25, 0.3) is 0 Å². The van der Waals surface area contributed by atoms with Crippen LogP contribution in [0, 0.1) is 17.8 Å². The van der Waals surface area contributed by atoms with Crippen LogP contribution in [0.4, 0.5) is 5.69 Å². The lowest BCUT2D eigenvalue weighted by molar-refractivity contribution is -0.123. The summed E-state index contributed by atoms with van der Waals surface area (Å²) in [5.74, 6) is -2.51. The summed E-state index contributed by atoms with van der Waals surface area (Å²) in [7, 11) is 1.56. The molecule has 0 radical (unpaired) electrons. The molecule has 0 bridgehead atoms. The van der Waals surface area contributed by atoms with Crippen molar-refractivity contribution in [1.82, 2.24) is 0 Å². The molecule has 1 fully saturated rings. The number of aromatic hydroxyl groups is 1. The Balaban J connectivity index is 1.33. The number of aliphatic hydroxyl groups excluding tert-OH is 2. The van der Waals surface area contributed by atoms with Crippen molar-refractivity contribution in [3.63, 3.8) is 0 Å². The second kappa shape index (κ2) is 13.2. The molecule has 0 spiro atoms. The summed E-state index contributed by atoms with van der Waals surface area (Å²) in [5, 5.41) is 34.6. The lowest BCUT2D eigenvalue weighted by Crippen LogP contribution is -2.39. The zero-order chi connectivity index (χ0) is 31.5. The second-order valence-corrected chi connectivity index (χ2v) is 11.8. The van der Waals surface area contributed by atoms with E-state index in [9.17, 15) is 24.9 Å². The molecule has 1 heterocycles. The molecule has 2 aliphatic rings. The molecule has 6 rings (SSSR count). The van der Waals surface area contributed by atoms with Gasteiger partial charge in [-0.15, -0.1) is 0 Å². The number of para-hydroxylation sites is 1. The van der Waals surface area contributed by atoms with Crippen molar-refractivity contribution < 1.29 is 29.6 Å². The third-order valence-electron chi connectivity index (χ3n) is 9.17. The topological polar surface area (TPSA) is 107 Å². The first-order chi connectivity index (χ1) is 21.9. The number of carbonyl (C=O) groups is 2. The number of amides is 2. The Morgan fingerprint density at radius 2 is 1.58 bits per heavy atom. The van der Waals surface area contributed by atoms with Gasteiger partial charge in [-0.2, -0.15) is 0 Å². The number of anilines is 1. The van der Waals surface area contributed by atoms with Crippen LogP contribution in [0.2, 0.25) is 0 Å². The van der Waals surface area contributed by atoms with E-state index in [-0.39, 0.29) is 37.2 Å². The second-order valence-electron chi connectivity index (χ2n) is 11.8. The molecule has 4 aromatic carbocycles. The maximum atomic E-state index is 13.8. The largest absolute Gasteiger partial charge is 0.507 e. The fraction of sp³-hybridized carbons (Fsp3) is 0.263. The van der Waals surface area contributed by atoms with Crippen molar-refractivity contribution in [2.45, 2.75) is 25.4 Å². The van der Waals surface area contributed by atoms with Crippen molar-refractivity contribution in [3.05, 3.63) is 119 Å². The van der Waals surface area contributed by atoms with Gasteiger partial charge in [0.05, 0.1) is 36.8 Å². The Labute approximate surface area is 262 Å². The SMILES string of the molecule is COCC1=C([C@H](O)CC/C(=C/c2ccc(O)c3ccccc23)c2ccccc2)[C@H](CO)[C@@H]2C(=O)N(c3ccccc3)C(=O)[C@@H]2C1. The van der Waals surface area contributed by atoms with E-state index in [1.807, 2.05) is 66.7 Å². The summed E-state index contributed by atoms with van der Waals surface area (Å²) in [6, 6.07) is 30.1. The first-order valence-corrected chi connectivity index (χ1v) is 15.3. The van der Waals surface area contributed by atoms with Gasteiger partial charge in [-0.05, 0) is 70.7 Å². The highest BCUT2D eigenvalue weighted by Gasteiger charge is 2.55. The van der Waals surface area contributed by atoms with Crippen LogP contribution >= 0.6 is 0 Å². The van der Waals surface area contributed by atoms with Gasteiger partial charge < -0.3 is 20.1 Å². The molecule has 0 saturated carbocycles. The highest BCUT2D eigenvalue weighted by Crippen LogP contribution is 2.47. The molecule has 2 amide bonds. The number of methoxy groups -OCH3 is 1. The monoisotopic (exact) mass is 603 g/mol. The van der Waals surface area contributed by atoms with E-state index in [1.165, 1.54) is 4.90 Å². The lowest BCUT2D eigenvalue weighted by Gasteiger charge is -2.36. The molecule has 0 aromatic heterocycles. The first-order valence-electron chi connectivity index (χ1n) is 15.3. The van der Waals surface area contributed by atoms with Gasteiger partial charge in [0.2, 0.25) is 11.8 Å². The number of hydrogen-bond acceptors (Lipinski definition) is 6. The Bertz CT molecular complexity index is 1760. The number of carbonyl (C=O) groups excluding carboxylic acids is 2. The molecule has 1 aliphatic carbocycles. The molecule has 0 unspecified atom stereocenters. The standard InChI is InChI=1S/C38H37NO6/c1-45-23-27-21-31-36(38(44)39(37(31)43)28-12-6-3-7-13-28)32(22-40)35(27)34(42)19-16-25(24-10-4-2-5-11-24)20-26-17-18-33(41)30-15-9-8-14-29(26)30/h2-15,17-18,20,31-32,34,36,40-42H,16,19,21-23H2,1H3/b25-20-/t31-,32+,34-,36-/m1/s1. The summed E-state index contributed by atoms with van der Waals surface area (Å²) in [5.41, 5.74) is 4.81. The molecule has 3 N–H and O–H groups in total. The average molecular weight is 604 g/mol. The van der Waals surface area contributed by atoms with Crippen molar-refractivity contribution in [1.29, 1.82) is 0 Å². The number of nitrogens with zero attached hydrogens (tertiary/aromatic N) is 1. The summed E-state index contributed by atoms with van der Waals surface area (Å²) in [6.07, 6.45) is 2.24. The number of rotatable bonds is 10. The minimum absolute atomic E-state index is 0.194. The highest BCUT2D eigenvalue weighted by molar-refractivity contribution is 6.22. The Morgan fingerprint density at radius 1 is 0.911 bits per heavy atom. The minimum atomic E-state index is -0.967. The number of phenolic OH excluding ortho intramolecular Hbond substituents is 1. The van der Waals surface area contributed by atoms with Crippen LogP contribution in [0.25, 0.3) is 22.4 Å². The molecular weight excluding hydrogens is 566 g/mol. The van der Waals surface area contributed by atoms with Crippen LogP contribution in [0.1, 0.15) is 30.4 Å².